The first-order chi connectivity index (χ1) is 16.0. The molecule has 1 aromatic carbocycles. The summed E-state index contributed by atoms with van der Waals surface area (Å²) in [5.74, 6) is 0.234. The number of methoxy groups -OCH3 is 2. The molecule has 1 amide bonds. The van der Waals surface area contributed by atoms with Gasteiger partial charge in [-0.05, 0) is 54.1 Å². The Morgan fingerprint density at radius 3 is 2.79 bits per heavy atom. The average molecular weight is 481 g/mol. The molecule has 1 aliphatic heterocycles. The number of benzene rings is 1. The summed E-state index contributed by atoms with van der Waals surface area (Å²) in [5.41, 5.74) is 1.10. The summed E-state index contributed by atoms with van der Waals surface area (Å²) in [5, 5.41) is 12.3. The molecular formula is C24H33FN2O5S. The number of nitrogens with zero attached hydrogens (tertiary/aromatic N) is 2. The molecule has 33 heavy (non-hydrogen) atoms. The molecule has 0 unspecified atom stereocenters. The Morgan fingerprint density at radius 1 is 1.27 bits per heavy atom. The zero-order valence-corrected chi connectivity index (χ0v) is 20.1. The molecule has 182 valence electrons. The van der Waals surface area contributed by atoms with Crippen molar-refractivity contribution in [1.29, 1.82) is 0 Å². The molecule has 2 aromatic rings. The van der Waals surface area contributed by atoms with Crippen LogP contribution in [-0.2, 0) is 20.7 Å². The molecule has 0 aliphatic carbocycles. The van der Waals surface area contributed by atoms with Crippen molar-refractivity contribution >= 4 is 17.2 Å². The highest BCUT2D eigenvalue weighted by molar-refractivity contribution is 7.10. The number of aliphatic hydroxyl groups excluding tert-OH is 1. The van der Waals surface area contributed by atoms with E-state index in [1.807, 2.05) is 15.2 Å². The Hall–Kier alpha value is -2.04. The van der Waals surface area contributed by atoms with Gasteiger partial charge in [0.15, 0.2) is 0 Å². The summed E-state index contributed by atoms with van der Waals surface area (Å²) in [6.07, 6.45) is 0.893. The zero-order chi connectivity index (χ0) is 23.6. The van der Waals surface area contributed by atoms with E-state index >= 15 is 0 Å². The van der Waals surface area contributed by atoms with Crippen molar-refractivity contribution in [3.63, 3.8) is 0 Å². The van der Waals surface area contributed by atoms with Crippen LogP contribution in [0.4, 0.5) is 4.39 Å². The minimum absolute atomic E-state index is 0.0124. The van der Waals surface area contributed by atoms with Gasteiger partial charge < -0.3 is 24.2 Å². The number of halogens is 1. The number of amides is 1. The minimum Gasteiger partial charge on any atom is -0.491 e. The first-order valence-corrected chi connectivity index (χ1v) is 12.0. The molecule has 7 nitrogen and oxygen atoms in total. The van der Waals surface area contributed by atoms with Crippen LogP contribution in [0.5, 0.6) is 5.75 Å². The summed E-state index contributed by atoms with van der Waals surface area (Å²) in [6, 6.07) is 7.73. The van der Waals surface area contributed by atoms with E-state index in [1.54, 1.807) is 37.7 Å². The van der Waals surface area contributed by atoms with Crippen LogP contribution in [0.1, 0.15) is 22.9 Å². The normalized spacial score (nSPS) is 16.6. The molecule has 1 N–H and O–H groups in total. The summed E-state index contributed by atoms with van der Waals surface area (Å²) in [6.45, 7) is 2.86. The highest BCUT2D eigenvalue weighted by atomic mass is 32.1. The first kappa shape index (κ1) is 25.6. The lowest BCUT2D eigenvalue weighted by Gasteiger charge is -2.37. The van der Waals surface area contributed by atoms with Gasteiger partial charge >= 0.3 is 0 Å². The molecular weight excluding hydrogens is 447 g/mol. The van der Waals surface area contributed by atoms with Gasteiger partial charge in [0.25, 0.3) is 0 Å². The van der Waals surface area contributed by atoms with Crippen LogP contribution in [-0.4, -0.2) is 87.1 Å². The average Bonchev–Trinajstić information content (AvgIpc) is 3.28. The van der Waals surface area contributed by atoms with Crippen LogP contribution in [0.15, 0.2) is 35.7 Å². The van der Waals surface area contributed by atoms with E-state index in [2.05, 4.69) is 6.07 Å². The standard InChI is InChI=1S/C24H33FN2O5S/c1-30-12-3-10-26(14-19(28)16-31-2)15-24(29)27-11-8-23-21(9-13-33-23)22(27)17-32-20-6-4-18(25)5-7-20/h4-7,9,13,19,22,28H,3,8,10-12,14-17H2,1-2H3/t19-,22+/m1/s1. The van der Waals surface area contributed by atoms with Crippen LogP contribution >= 0.6 is 11.3 Å². The van der Waals surface area contributed by atoms with Gasteiger partial charge in [-0.2, -0.15) is 0 Å². The quantitative estimate of drug-likeness (QED) is 0.445. The van der Waals surface area contributed by atoms with Crippen molar-refractivity contribution in [3.05, 3.63) is 52.0 Å². The van der Waals surface area contributed by atoms with Crippen LogP contribution in [0.25, 0.3) is 0 Å². The molecule has 1 aliphatic rings. The van der Waals surface area contributed by atoms with Gasteiger partial charge in [-0.15, -0.1) is 11.3 Å². The SMILES string of the molecule is COCCCN(CC(=O)N1CCc2sccc2[C@@H]1COc1ccc(F)cc1)C[C@@H](O)COC. The maximum absolute atomic E-state index is 13.4. The monoisotopic (exact) mass is 480 g/mol. The topological polar surface area (TPSA) is 71.5 Å². The van der Waals surface area contributed by atoms with Gasteiger partial charge in [0.2, 0.25) is 5.91 Å². The number of hydrogen-bond donors (Lipinski definition) is 1. The van der Waals surface area contributed by atoms with Gasteiger partial charge in [0, 0.05) is 45.3 Å². The highest BCUT2D eigenvalue weighted by Gasteiger charge is 2.33. The summed E-state index contributed by atoms with van der Waals surface area (Å²) < 4.78 is 29.4. The predicted molar refractivity (Wildman–Crippen MR) is 125 cm³/mol. The van der Waals surface area contributed by atoms with E-state index in [0.29, 0.717) is 32.0 Å². The fraction of sp³-hybridized carbons (Fsp3) is 0.542. The maximum atomic E-state index is 13.4. The van der Waals surface area contributed by atoms with Crippen molar-refractivity contribution < 1.29 is 28.5 Å². The molecule has 0 spiro atoms. The Balaban J connectivity index is 1.69. The fourth-order valence-corrected chi connectivity index (χ4v) is 5.00. The Bertz CT molecular complexity index is 863. The molecule has 9 heteroatoms. The zero-order valence-electron chi connectivity index (χ0n) is 19.2. The van der Waals surface area contributed by atoms with Crippen molar-refractivity contribution in [2.24, 2.45) is 0 Å². The lowest BCUT2D eigenvalue weighted by atomic mass is 10.0. The molecule has 0 fully saturated rings. The third-order valence-corrected chi connectivity index (χ3v) is 6.64. The predicted octanol–water partition coefficient (Wildman–Crippen LogP) is 2.74. The fourth-order valence-electron chi connectivity index (χ4n) is 4.07. The lowest BCUT2D eigenvalue weighted by Crippen LogP contribution is -2.48. The van der Waals surface area contributed by atoms with Crippen molar-refractivity contribution in [2.75, 3.05) is 60.2 Å². The van der Waals surface area contributed by atoms with Gasteiger partial charge in [-0.1, -0.05) is 0 Å². The molecule has 0 bridgehead atoms. The second-order valence-corrected chi connectivity index (χ2v) is 9.11. The van der Waals surface area contributed by atoms with Crippen molar-refractivity contribution in [2.45, 2.75) is 25.0 Å². The van der Waals surface area contributed by atoms with Crippen LogP contribution < -0.4 is 4.74 Å². The Kier molecular flexibility index (Phi) is 10.1. The van der Waals surface area contributed by atoms with E-state index in [0.717, 1.165) is 18.4 Å². The second-order valence-electron chi connectivity index (χ2n) is 8.11. The molecule has 3 rings (SSSR count). The summed E-state index contributed by atoms with van der Waals surface area (Å²) >= 11 is 1.69. The van der Waals surface area contributed by atoms with Crippen molar-refractivity contribution in [1.82, 2.24) is 9.80 Å². The third kappa shape index (κ3) is 7.48. The number of carbonyl (C=O) groups excluding carboxylic acids is 1. The van der Waals surface area contributed by atoms with E-state index in [9.17, 15) is 14.3 Å². The van der Waals surface area contributed by atoms with E-state index in [4.69, 9.17) is 14.2 Å². The Labute approximate surface area is 198 Å². The molecule has 2 atom stereocenters. The summed E-state index contributed by atoms with van der Waals surface area (Å²) in [4.78, 5) is 18.5. The van der Waals surface area contributed by atoms with Crippen LogP contribution in [0.2, 0.25) is 0 Å². The van der Waals surface area contributed by atoms with E-state index in [1.165, 1.54) is 17.0 Å². The van der Waals surface area contributed by atoms with E-state index < -0.39 is 6.10 Å². The first-order valence-electron chi connectivity index (χ1n) is 11.1. The number of hydrogen-bond acceptors (Lipinski definition) is 7. The van der Waals surface area contributed by atoms with Gasteiger partial charge in [-0.25, -0.2) is 4.39 Å². The lowest BCUT2D eigenvalue weighted by molar-refractivity contribution is -0.136. The Morgan fingerprint density at radius 2 is 2.06 bits per heavy atom. The number of carbonyl (C=O) groups is 1. The molecule has 0 saturated heterocycles. The molecule has 1 aromatic heterocycles. The van der Waals surface area contributed by atoms with Gasteiger partial charge in [-0.3, -0.25) is 9.69 Å². The second kappa shape index (κ2) is 13.0. The largest absolute Gasteiger partial charge is 0.491 e. The number of aliphatic hydroxyl groups is 1. The highest BCUT2D eigenvalue weighted by Crippen LogP contribution is 2.34. The number of rotatable bonds is 13. The van der Waals surface area contributed by atoms with Gasteiger partial charge in [0.1, 0.15) is 18.2 Å². The van der Waals surface area contributed by atoms with Crippen LogP contribution in [0, 0.1) is 5.82 Å². The van der Waals surface area contributed by atoms with Gasteiger partial charge in [0.05, 0.1) is 25.3 Å². The molecule has 0 saturated carbocycles. The summed E-state index contributed by atoms with van der Waals surface area (Å²) in [7, 11) is 3.19. The molecule has 2 heterocycles. The van der Waals surface area contributed by atoms with Crippen LogP contribution in [0.3, 0.4) is 0 Å². The maximum Gasteiger partial charge on any atom is 0.237 e. The van der Waals surface area contributed by atoms with E-state index in [-0.39, 0.29) is 37.5 Å². The number of fused-ring (bicyclic) bond motifs is 1. The minimum atomic E-state index is -0.673. The number of ether oxygens (including phenoxy) is 3. The third-order valence-electron chi connectivity index (χ3n) is 5.65. The smallest absolute Gasteiger partial charge is 0.237 e. The van der Waals surface area contributed by atoms with Crippen molar-refractivity contribution in [3.8, 4) is 5.75 Å². The molecule has 0 radical (unpaired) electrons. The number of thiophene rings is 1.